The molecule has 0 bridgehead atoms. The van der Waals surface area contributed by atoms with Crippen molar-refractivity contribution in [1.82, 2.24) is 0 Å². The van der Waals surface area contributed by atoms with Crippen molar-refractivity contribution in [2.75, 3.05) is 10.6 Å². The summed E-state index contributed by atoms with van der Waals surface area (Å²) in [4.78, 5) is 25.1. The minimum Gasteiger partial charge on any atom is -0.510 e. The molecular weight excluding hydrogens is 717 g/mol. The Morgan fingerprint density at radius 2 is 1.15 bits per heavy atom. The number of nitrogens with zero attached hydrogens (tertiary/aromatic N) is 4. The number of carbonyl (C=O) groups is 2. The summed E-state index contributed by atoms with van der Waals surface area (Å²) in [5, 5.41) is 54.1. The number of anilines is 2. The van der Waals surface area contributed by atoms with Crippen LogP contribution >= 0.6 is 12.0 Å². The molecule has 0 aliphatic rings. The first-order valence-corrected chi connectivity index (χ1v) is 17.2. The van der Waals surface area contributed by atoms with Gasteiger partial charge in [0.1, 0.15) is 16.4 Å². The third kappa shape index (κ3) is 10.2. The van der Waals surface area contributed by atoms with Gasteiger partial charge in [0.15, 0.2) is 11.4 Å². The monoisotopic (exact) mass is 748 g/mol. The van der Waals surface area contributed by atoms with Crippen LogP contribution in [-0.4, -0.2) is 40.3 Å². The van der Waals surface area contributed by atoms with E-state index in [0.717, 1.165) is 6.07 Å². The Morgan fingerprint density at radius 1 is 0.712 bits per heavy atom. The second-order valence-electron chi connectivity index (χ2n) is 10.9. The molecule has 0 aliphatic carbocycles. The van der Waals surface area contributed by atoms with E-state index in [2.05, 4.69) is 40.5 Å². The molecule has 0 atom stereocenters. The van der Waals surface area contributed by atoms with E-state index in [9.17, 15) is 32.8 Å². The largest absolute Gasteiger partial charge is 0.510 e. The highest BCUT2D eigenvalue weighted by atomic mass is 32.2. The topological polar surface area (TPSA) is 241 Å². The van der Waals surface area contributed by atoms with Crippen molar-refractivity contribution in [1.29, 1.82) is 0 Å². The van der Waals surface area contributed by atoms with Gasteiger partial charge in [-0.2, -0.15) is 8.42 Å². The standard InChI is InChI=1S/C34H32N6O10S2/c1-19-15-25(29(51-50-49-45)17-27(19)37-39-31(21(3)41)33(43)35-23-11-7-5-8-12-23)26-16-20(2)28(18-30(26)52(46,47)48)38-40-32(22(4)42)34(44)36-24-13-9-6-10-14-24/h5-18,41-42,45H,1-4H3,(H,35,43)(H,36,44)(H,46,47,48). The molecule has 0 saturated carbocycles. The van der Waals surface area contributed by atoms with Crippen molar-refractivity contribution in [2.45, 2.75) is 37.5 Å². The lowest BCUT2D eigenvalue weighted by Crippen LogP contribution is -2.14. The fourth-order valence-electron chi connectivity index (χ4n) is 4.52. The Balaban J connectivity index is 1.75. The number of rotatable bonds is 13. The summed E-state index contributed by atoms with van der Waals surface area (Å²) >= 11 is 0.453. The van der Waals surface area contributed by atoms with Gasteiger partial charge >= 0.3 is 0 Å². The van der Waals surface area contributed by atoms with Crippen molar-refractivity contribution in [3.63, 3.8) is 0 Å². The van der Waals surface area contributed by atoms with Crippen LogP contribution in [0.15, 0.2) is 138 Å². The molecule has 52 heavy (non-hydrogen) atoms. The van der Waals surface area contributed by atoms with Crippen LogP contribution in [0.25, 0.3) is 11.1 Å². The van der Waals surface area contributed by atoms with Crippen LogP contribution in [0, 0.1) is 13.8 Å². The van der Waals surface area contributed by atoms with E-state index in [1.807, 2.05) is 0 Å². The summed E-state index contributed by atoms with van der Waals surface area (Å²) in [7, 11) is -4.95. The van der Waals surface area contributed by atoms with Crippen LogP contribution in [0.3, 0.4) is 0 Å². The minimum atomic E-state index is -4.95. The summed E-state index contributed by atoms with van der Waals surface area (Å²) in [6.07, 6.45) is 0. The van der Waals surface area contributed by atoms with Crippen LogP contribution < -0.4 is 10.6 Å². The molecule has 0 spiro atoms. The third-order valence-electron chi connectivity index (χ3n) is 7.01. The van der Waals surface area contributed by atoms with E-state index in [-0.39, 0.29) is 27.4 Å². The molecule has 6 N–H and O–H groups in total. The molecule has 0 fully saturated rings. The Kier molecular flexibility index (Phi) is 13.1. The number of hydrogen-bond acceptors (Lipinski definition) is 14. The van der Waals surface area contributed by atoms with E-state index in [1.54, 1.807) is 74.5 Å². The highest BCUT2D eigenvalue weighted by Crippen LogP contribution is 2.42. The first-order valence-electron chi connectivity index (χ1n) is 15.0. The number of azo groups is 2. The SMILES string of the molecule is CC(O)=C(N=Nc1cc(SOOO)c(-c2cc(C)c(N=NC(C(=O)Nc3ccccc3)=C(C)O)cc2S(=O)(=O)O)cc1C)C(=O)Nc1ccccc1. The maximum atomic E-state index is 12.8. The first-order chi connectivity index (χ1) is 24.7. The highest BCUT2D eigenvalue weighted by molar-refractivity contribution is 7.94. The second-order valence-corrected chi connectivity index (χ2v) is 13.0. The summed E-state index contributed by atoms with van der Waals surface area (Å²) in [6.45, 7) is 5.64. The molecule has 4 aromatic carbocycles. The van der Waals surface area contributed by atoms with Crippen molar-refractivity contribution < 1.29 is 47.4 Å². The normalized spacial score (nSPS) is 12.8. The van der Waals surface area contributed by atoms with E-state index < -0.39 is 49.7 Å². The van der Waals surface area contributed by atoms with Gasteiger partial charge in [-0.25, -0.2) is 5.26 Å². The molecule has 270 valence electrons. The zero-order valence-corrected chi connectivity index (χ0v) is 29.6. The van der Waals surface area contributed by atoms with Crippen molar-refractivity contribution in [3.05, 3.63) is 119 Å². The molecule has 4 rings (SSSR count). The maximum Gasteiger partial charge on any atom is 0.295 e. The summed E-state index contributed by atoms with van der Waals surface area (Å²) in [6, 6.07) is 22.1. The average Bonchev–Trinajstić information content (AvgIpc) is 3.08. The van der Waals surface area contributed by atoms with Crippen LogP contribution in [0.5, 0.6) is 0 Å². The number of allylic oxidation sites excluding steroid dienone is 2. The van der Waals surface area contributed by atoms with Gasteiger partial charge in [0, 0.05) is 21.8 Å². The lowest BCUT2D eigenvalue weighted by molar-refractivity contribution is -0.432. The molecule has 4 aromatic rings. The number of nitrogens with one attached hydrogen (secondary N) is 2. The van der Waals surface area contributed by atoms with Crippen LogP contribution in [0.1, 0.15) is 25.0 Å². The van der Waals surface area contributed by atoms with Gasteiger partial charge < -0.3 is 20.8 Å². The quantitative estimate of drug-likeness (QED) is 0.0144. The molecule has 0 aliphatic heterocycles. The fourth-order valence-corrected chi connectivity index (χ4v) is 5.75. The number of carbonyl (C=O) groups excluding carboxylic acids is 2. The van der Waals surface area contributed by atoms with E-state index in [1.165, 1.54) is 32.0 Å². The van der Waals surface area contributed by atoms with Gasteiger partial charge in [0.2, 0.25) is 0 Å². The zero-order chi connectivity index (χ0) is 38.0. The third-order valence-corrected chi connectivity index (χ3v) is 8.55. The molecule has 18 heteroatoms. The summed E-state index contributed by atoms with van der Waals surface area (Å²) in [5.74, 6) is -2.41. The van der Waals surface area contributed by atoms with Crippen LogP contribution in [-0.2, 0) is 29.1 Å². The van der Waals surface area contributed by atoms with Gasteiger partial charge in [-0.15, -0.1) is 24.8 Å². The van der Waals surface area contributed by atoms with E-state index >= 15 is 0 Å². The molecule has 0 radical (unpaired) electrons. The molecular formula is C34H32N6O10S2. The summed E-state index contributed by atoms with van der Waals surface area (Å²) < 4.78 is 40.4. The lowest BCUT2D eigenvalue weighted by Gasteiger charge is -2.15. The predicted octanol–water partition coefficient (Wildman–Crippen LogP) is 8.67. The molecule has 0 unspecified atom stereocenters. The number of benzene rings is 4. The number of hydrogen-bond donors (Lipinski definition) is 6. The van der Waals surface area contributed by atoms with Gasteiger partial charge in [-0.1, -0.05) is 41.4 Å². The molecule has 16 nitrogen and oxygen atoms in total. The lowest BCUT2D eigenvalue weighted by atomic mass is 9.99. The van der Waals surface area contributed by atoms with Crippen molar-refractivity contribution in [2.24, 2.45) is 20.5 Å². The molecule has 0 heterocycles. The van der Waals surface area contributed by atoms with Crippen LogP contribution in [0.4, 0.5) is 22.7 Å². The number of aliphatic hydroxyl groups is 2. The number of aryl methyl sites for hydroxylation is 2. The molecule has 2 amide bonds. The van der Waals surface area contributed by atoms with E-state index in [4.69, 9.17) is 5.26 Å². The molecule has 0 saturated heterocycles. The minimum absolute atomic E-state index is 0.0421. The fraction of sp³-hybridized carbons (Fsp3) is 0.118. The second kappa shape index (κ2) is 17.4. The Hall–Kier alpha value is -5.76. The molecule has 0 aromatic heterocycles. The Morgan fingerprint density at radius 3 is 1.58 bits per heavy atom. The van der Waals surface area contributed by atoms with Crippen molar-refractivity contribution >= 4 is 56.7 Å². The van der Waals surface area contributed by atoms with Crippen LogP contribution in [0.2, 0.25) is 0 Å². The maximum absolute atomic E-state index is 12.8. The zero-order valence-electron chi connectivity index (χ0n) is 27.9. The number of amides is 2. The van der Waals surface area contributed by atoms with E-state index in [0.29, 0.717) is 34.5 Å². The Bertz CT molecular complexity index is 2200. The average molecular weight is 749 g/mol. The predicted molar refractivity (Wildman–Crippen MR) is 192 cm³/mol. The van der Waals surface area contributed by atoms with Gasteiger partial charge in [-0.05, 0) is 92.9 Å². The number of para-hydroxylation sites is 2. The van der Waals surface area contributed by atoms with Gasteiger partial charge in [0.25, 0.3) is 21.9 Å². The van der Waals surface area contributed by atoms with Crippen molar-refractivity contribution in [3.8, 4) is 11.1 Å². The van der Waals surface area contributed by atoms with Gasteiger partial charge in [0.05, 0.1) is 23.4 Å². The highest BCUT2D eigenvalue weighted by Gasteiger charge is 2.24. The number of aliphatic hydroxyl groups excluding tert-OH is 2. The first kappa shape index (κ1) is 39.0. The Labute approximate surface area is 302 Å². The smallest absolute Gasteiger partial charge is 0.295 e. The summed E-state index contributed by atoms with van der Waals surface area (Å²) in [5.41, 5.74) is 0.950. The van der Waals surface area contributed by atoms with Gasteiger partial charge in [-0.3, -0.25) is 14.1 Å².